The van der Waals surface area contributed by atoms with E-state index in [1.807, 2.05) is 25.1 Å². The first-order chi connectivity index (χ1) is 13.1. The molecule has 28 heavy (non-hydrogen) atoms. The summed E-state index contributed by atoms with van der Waals surface area (Å²) in [6.07, 6.45) is -2.34. The monoisotopic (exact) mass is 401 g/mol. The Morgan fingerprint density at radius 3 is 2.71 bits per heavy atom. The molecule has 8 heteroatoms. The summed E-state index contributed by atoms with van der Waals surface area (Å²) in [5.74, 6) is -0.661. The summed E-state index contributed by atoms with van der Waals surface area (Å²) in [5, 5.41) is 8.86. The van der Waals surface area contributed by atoms with Gasteiger partial charge in [-0.2, -0.15) is 13.2 Å². The summed E-state index contributed by atoms with van der Waals surface area (Å²) in [7, 11) is 0. The van der Waals surface area contributed by atoms with Crippen molar-refractivity contribution >= 4 is 12.0 Å². The zero-order valence-corrected chi connectivity index (χ0v) is 15.6. The van der Waals surface area contributed by atoms with E-state index >= 15 is 0 Å². The van der Waals surface area contributed by atoms with Crippen LogP contribution in [-0.2, 0) is 11.2 Å². The van der Waals surface area contributed by atoms with Gasteiger partial charge in [0.25, 0.3) is 0 Å². The second kappa shape index (κ2) is 7.73. The zero-order valence-electron chi connectivity index (χ0n) is 15.6. The highest BCUT2D eigenvalue weighted by Gasteiger charge is 2.50. The Morgan fingerprint density at radius 1 is 1.36 bits per heavy atom. The number of ether oxygens (including phenoxy) is 1. The van der Waals surface area contributed by atoms with E-state index in [2.05, 4.69) is 0 Å². The van der Waals surface area contributed by atoms with Crippen LogP contribution in [0.5, 0.6) is 5.75 Å². The number of carbonyl (C=O) groups is 1. The van der Waals surface area contributed by atoms with Gasteiger partial charge in [-0.05, 0) is 42.0 Å². The highest BCUT2D eigenvalue weighted by atomic mass is 19.4. The van der Waals surface area contributed by atoms with Crippen LogP contribution in [-0.4, -0.2) is 54.1 Å². The van der Waals surface area contributed by atoms with Crippen LogP contribution in [0.3, 0.4) is 0 Å². The largest absolute Gasteiger partial charge is 0.494 e. The SMILES string of the molecule is C[C@@H]1Cc2cc(OCCCC(F)(F)F)ccc2C=C1CN1CC(F)(C(=O)O)C1. The lowest BCUT2D eigenvalue weighted by molar-refractivity contribution is -0.163. The molecule has 154 valence electrons. The smallest absolute Gasteiger partial charge is 0.389 e. The fourth-order valence-corrected chi connectivity index (χ4v) is 3.62. The predicted octanol–water partition coefficient (Wildman–Crippen LogP) is 4.09. The molecule has 0 radical (unpaired) electrons. The van der Waals surface area contributed by atoms with E-state index in [0.29, 0.717) is 12.3 Å². The van der Waals surface area contributed by atoms with Gasteiger partial charge in [-0.15, -0.1) is 0 Å². The summed E-state index contributed by atoms with van der Waals surface area (Å²) in [5.41, 5.74) is 1.02. The average molecular weight is 401 g/mol. The normalized spacial score (nSPS) is 21.5. The molecule has 0 unspecified atom stereocenters. The van der Waals surface area contributed by atoms with Crippen molar-refractivity contribution in [3.05, 3.63) is 34.9 Å². The molecule has 1 fully saturated rings. The lowest BCUT2D eigenvalue weighted by Crippen LogP contribution is -2.63. The number of fused-ring (bicyclic) bond motifs is 1. The molecule has 1 aliphatic carbocycles. The van der Waals surface area contributed by atoms with Gasteiger partial charge in [0.05, 0.1) is 6.61 Å². The van der Waals surface area contributed by atoms with E-state index in [4.69, 9.17) is 9.84 Å². The second-order valence-corrected chi connectivity index (χ2v) is 7.67. The summed E-state index contributed by atoms with van der Waals surface area (Å²) < 4.78 is 55.8. The fraction of sp³-hybridized carbons (Fsp3) is 0.550. The van der Waals surface area contributed by atoms with Crippen molar-refractivity contribution < 1.29 is 32.2 Å². The number of benzene rings is 1. The molecule has 0 spiro atoms. The van der Waals surface area contributed by atoms with Gasteiger partial charge in [-0.25, -0.2) is 9.18 Å². The summed E-state index contributed by atoms with van der Waals surface area (Å²) >= 11 is 0. The third kappa shape index (κ3) is 4.84. The zero-order chi connectivity index (χ0) is 20.5. The highest BCUT2D eigenvalue weighted by molar-refractivity contribution is 5.79. The number of carboxylic acid groups (broad SMARTS) is 1. The van der Waals surface area contributed by atoms with Crippen molar-refractivity contribution in [1.29, 1.82) is 0 Å². The summed E-state index contributed by atoms with van der Waals surface area (Å²) in [6.45, 7) is 2.37. The maximum atomic E-state index is 13.9. The van der Waals surface area contributed by atoms with Gasteiger partial charge in [0, 0.05) is 26.1 Å². The predicted molar refractivity (Wildman–Crippen MR) is 96.0 cm³/mol. The molecule has 1 N–H and O–H groups in total. The van der Waals surface area contributed by atoms with Crippen LogP contribution in [0.25, 0.3) is 6.08 Å². The maximum absolute atomic E-state index is 13.9. The lowest BCUT2D eigenvalue weighted by Gasteiger charge is -2.42. The molecule has 4 nitrogen and oxygen atoms in total. The van der Waals surface area contributed by atoms with Gasteiger partial charge in [-0.1, -0.05) is 24.6 Å². The minimum Gasteiger partial charge on any atom is -0.494 e. The minimum absolute atomic E-state index is 0.0124. The van der Waals surface area contributed by atoms with Crippen LogP contribution in [0.2, 0.25) is 0 Å². The molecule has 1 saturated heterocycles. The number of aliphatic carboxylic acids is 1. The van der Waals surface area contributed by atoms with E-state index in [9.17, 15) is 22.4 Å². The van der Waals surface area contributed by atoms with E-state index < -0.39 is 24.2 Å². The first kappa shape index (κ1) is 20.6. The van der Waals surface area contributed by atoms with Crippen molar-refractivity contribution in [2.75, 3.05) is 26.2 Å². The molecule has 0 bridgehead atoms. The number of hydrogen-bond acceptors (Lipinski definition) is 3. The van der Waals surface area contributed by atoms with Crippen LogP contribution in [0.1, 0.15) is 30.9 Å². The van der Waals surface area contributed by atoms with Gasteiger partial charge < -0.3 is 9.84 Å². The Balaban J connectivity index is 1.57. The Bertz CT molecular complexity index is 769. The Hall–Kier alpha value is -2.09. The second-order valence-electron chi connectivity index (χ2n) is 7.67. The molecule has 1 aromatic carbocycles. The number of hydrogen-bond donors (Lipinski definition) is 1. The van der Waals surface area contributed by atoms with E-state index in [-0.39, 0.29) is 32.0 Å². The number of halogens is 4. The molecule has 0 saturated carbocycles. The standard InChI is InChI=1S/C20H23F4NO3/c1-13-7-15-9-17(28-6-2-5-20(22,23)24)4-3-14(15)8-16(13)10-25-11-19(21,12-25)18(26)27/h3-4,8-9,13H,2,5-7,10-12H2,1H3,(H,26,27)/t13-/m1/s1. The van der Waals surface area contributed by atoms with Gasteiger partial charge in [0.2, 0.25) is 5.67 Å². The molecular weight excluding hydrogens is 378 g/mol. The van der Waals surface area contributed by atoms with Crippen LogP contribution in [0, 0.1) is 5.92 Å². The Kier molecular flexibility index (Phi) is 5.70. The van der Waals surface area contributed by atoms with Crippen molar-refractivity contribution in [3.8, 4) is 5.75 Å². The lowest BCUT2D eigenvalue weighted by atomic mass is 9.83. The topological polar surface area (TPSA) is 49.8 Å². The molecule has 1 aliphatic heterocycles. The van der Waals surface area contributed by atoms with Crippen LogP contribution in [0.15, 0.2) is 23.8 Å². The quantitative estimate of drug-likeness (QED) is 0.552. The number of rotatable bonds is 7. The number of alkyl halides is 4. The van der Waals surface area contributed by atoms with E-state index in [1.54, 1.807) is 11.0 Å². The van der Waals surface area contributed by atoms with Gasteiger partial charge in [0.1, 0.15) is 5.75 Å². The third-order valence-corrected chi connectivity index (χ3v) is 5.23. The van der Waals surface area contributed by atoms with Gasteiger partial charge >= 0.3 is 12.1 Å². The average Bonchev–Trinajstić information content (AvgIpc) is 2.56. The van der Waals surface area contributed by atoms with Crippen molar-refractivity contribution in [2.24, 2.45) is 5.92 Å². The first-order valence-electron chi connectivity index (χ1n) is 9.23. The molecule has 0 aromatic heterocycles. The molecule has 1 atom stereocenters. The van der Waals surface area contributed by atoms with Crippen LogP contribution in [0.4, 0.5) is 17.6 Å². The molecule has 1 aromatic rings. The van der Waals surface area contributed by atoms with E-state index in [1.165, 1.54) is 0 Å². The van der Waals surface area contributed by atoms with Crippen LogP contribution < -0.4 is 4.74 Å². The molecule has 2 aliphatic rings. The molecular formula is C20H23F4NO3. The number of likely N-dealkylation sites (tertiary alicyclic amines) is 1. The highest BCUT2D eigenvalue weighted by Crippen LogP contribution is 2.34. The van der Waals surface area contributed by atoms with Crippen LogP contribution >= 0.6 is 0 Å². The Labute approximate surface area is 160 Å². The number of nitrogens with zero attached hydrogens (tertiary/aromatic N) is 1. The van der Waals surface area contributed by atoms with E-state index in [0.717, 1.165) is 23.1 Å². The van der Waals surface area contributed by atoms with Crippen molar-refractivity contribution in [2.45, 2.75) is 38.0 Å². The van der Waals surface area contributed by atoms with Gasteiger partial charge in [0.15, 0.2) is 0 Å². The Morgan fingerprint density at radius 2 is 2.07 bits per heavy atom. The summed E-state index contributed by atoms with van der Waals surface area (Å²) in [6, 6.07) is 5.46. The molecule has 1 heterocycles. The van der Waals surface area contributed by atoms with Crippen molar-refractivity contribution in [1.82, 2.24) is 4.90 Å². The fourth-order valence-electron chi connectivity index (χ4n) is 3.62. The first-order valence-corrected chi connectivity index (χ1v) is 9.23. The van der Waals surface area contributed by atoms with Gasteiger partial charge in [-0.3, -0.25) is 4.90 Å². The third-order valence-electron chi connectivity index (χ3n) is 5.23. The maximum Gasteiger partial charge on any atom is 0.389 e. The molecule has 3 rings (SSSR count). The minimum atomic E-state index is -4.17. The summed E-state index contributed by atoms with van der Waals surface area (Å²) in [4.78, 5) is 12.6. The van der Waals surface area contributed by atoms with Crippen molar-refractivity contribution in [3.63, 3.8) is 0 Å². The molecule has 0 amide bonds. The number of carboxylic acids is 1.